The molecule has 1 aliphatic rings. The Morgan fingerprint density at radius 1 is 1.17 bits per heavy atom. The summed E-state index contributed by atoms with van der Waals surface area (Å²) < 4.78 is 12.7. The summed E-state index contributed by atoms with van der Waals surface area (Å²) in [5, 5.41) is 9.79. The van der Waals surface area contributed by atoms with Crippen LogP contribution in [0.25, 0.3) is 0 Å². The van der Waals surface area contributed by atoms with Gasteiger partial charge in [-0.15, -0.1) is 0 Å². The molecule has 1 aliphatic heterocycles. The van der Waals surface area contributed by atoms with Crippen LogP contribution in [0.1, 0.15) is 28.3 Å². The van der Waals surface area contributed by atoms with Gasteiger partial charge < -0.3 is 19.8 Å². The van der Waals surface area contributed by atoms with Crippen molar-refractivity contribution in [2.45, 2.75) is 19.4 Å². The summed E-state index contributed by atoms with van der Waals surface area (Å²) in [6, 6.07) is 21.0. The van der Waals surface area contributed by atoms with Crippen LogP contribution >= 0.6 is 0 Å². The topological polar surface area (TPSA) is 90.3 Å². The number of fused-ring (bicyclic) bond motifs is 1. The minimum Gasteiger partial charge on any atom is -0.497 e. The number of methoxy groups -OCH3 is 1. The summed E-state index contributed by atoms with van der Waals surface area (Å²) >= 11 is 0. The summed E-state index contributed by atoms with van der Waals surface area (Å²) in [5.41, 5.74) is 8.96. The second-order valence-corrected chi connectivity index (χ2v) is 7.14. The fraction of sp³-hybridized carbons (Fsp3) is 0.167. The van der Waals surface area contributed by atoms with Crippen molar-refractivity contribution in [3.8, 4) is 17.6 Å². The number of hydrogen-bond donors (Lipinski definition) is 1. The number of nitrogens with zero attached hydrogens (tertiary/aromatic N) is 2. The van der Waals surface area contributed by atoms with Gasteiger partial charge in [-0.3, -0.25) is 4.79 Å². The number of pyridine rings is 1. The van der Waals surface area contributed by atoms with Crippen LogP contribution < -0.4 is 20.8 Å². The van der Waals surface area contributed by atoms with Crippen molar-refractivity contribution in [2.75, 3.05) is 7.11 Å². The molecule has 2 aromatic carbocycles. The molecular formula is C24H21N3O3. The minimum absolute atomic E-state index is 0.0115. The van der Waals surface area contributed by atoms with Crippen molar-refractivity contribution in [1.29, 1.82) is 5.26 Å². The van der Waals surface area contributed by atoms with Crippen LogP contribution in [-0.2, 0) is 6.54 Å². The van der Waals surface area contributed by atoms with E-state index in [-0.39, 0.29) is 17.0 Å². The lowest BCUT2D eigenvalue weighted by Crippen LogP contribution is -2.33. The Balaban J connectivity index is 1.93. The first-order valence-electron chi connectivity index (χ1n) is 9.53. The van der Waals surface area contributed by atoms with Crippen molar-refractivity contribution in [3.63, 3.8) is 0 Å². The number of rotatable bonds is 4. The molecule has 2 heterocycles. The number of nitrogens with two attached hydrogens (primary N) is 1. The van der Waals surface area contributed by atoms with Crippen LogP contribution in [0.5, 0.6) is 11.5 Å². The van der Waals surface area contributed by atoms with Gasteiger partial charge in [0.1, 0.15) is 23.1 Å². The van der Waals surface area contributed by atoms with E-state index in [1.165, 1.54) is 0 Å². The monoisotopic (exact) mass is 399 g/mol. The second kappa shape index (κ2) is 7.80. The van der Waals surface area contributed by atoms with Crippen molar-refractivity contribution in [2.24, 2.45) is 5.73 Å². The zero-order valence-corrected chi connectivity index (χ0v) is 16.8. The van der Waals surface area contributed by atoms with Crippen LogP contribution in [0.4, 0.5) is 0 Å². The van der Waals surface area contributed by atoms with Gasteiger partial charge in [-0.05, 0) is 30.2 Å². The standard InChI is InChI=1S/C24H21N3O3/c1-15-11-20-22(24(28)27(15)14-16-7-4-3-5-8-16)21(19(13-25)23(26)30-20)17-9-6-10-18(12-17)29-2/h3-12,21H,14,26H2,1-2H3/t21-/m1/s1. The van der Waals surface area contributed by atoms with Crippen molar-refractivity contribution >= 4 is 0 Å². The van der Waals surface area contributed by atoms with Crippen molar-refractivity contribution < 1.29 is 9.47 Å². The number of nitriles is 1. The van der Waals surface area contributed by atoms with Crippen molar-refractivity contribution in [1.82, 2.24) is 4.57 Å². The molecule has 30 heavy (non-hydrogen) atoms. The number of ether oxygens (including phenoxy) is 2. The molecule has 3 aromatic rings. The highest BCUT2D eigenvalue weighted by molar-refractivity contribution is 5.56. The third-order valence-electron chi connectivity index (χ3n) is 5.30. The molecule has 0 amide bonds. The molecule has 0 unspecified atom stereocenters. The lowest BCUT2D eigenvalue weighted by molar-refractivity contribution is 0.388. The molecule has 0 saturated carbocycles. The van der Waals surface area contributed by atoms with E-state index in [9.17, 15) is 10.1 Å². The maximum atomic E-state index is 13.6. The van der Waals surface area contributed by atoms with Crippen LogP contribution in [0, 0.1) is 18.3 Å². The number of allylic oxidation sites excluding steroid dienone is 1. The summed E-state index contributed by atoms with van der Waals surface area (Å²) in [5.74, 6) is 0.390. The average Bonchev–Trinajstić information content (AvgIpc) is 2.76. The quantitative estimate of drug-likeness (QED) is 0.726. The summed E-state index contributed by atoms with van der Waals surface area (Å²) in [6.07, 6.45) is 0. The maximum Gasteiger partial charge on any atom is 0.259 e. The third kappa shape index (κ3) is 3.31. The molecule has 0 bridgehead atoms. The maximum absolute atomic E-state index is 13.6. The molecule has 6 heteroatoms. The van der Waals surface area contributed by atoms with Crippen LogP contribution in [-0.4, -0.2) is 11.7 Å². The molecule has 0 aliphatic carbocycles. The van der Waals surface area contributed by atoms with E-state index in [0.29, 0.717) is 23.6 Å². The van der Waals surface area contributed by atoms with E-state index in [2.05, 4.69) is 6.07 Å². The molecule has 0 spiro atoms. The van der Waals surface area contributed by atoms with Crippen LogP contribution in [0.3, 0.4) is 0 Å². The molecule has 1 aromatic heterocycles. The first kappa shape index (κ1) is 19.3. The molecule has 0 fully saturated rings. The predicted octanol–water partition coefficient (Wildman–Crippen LogP) is 3.43. The van der Waals surface area contributed by atoms with Gasteiger partial charge in [-0.1, -0.05) is 42.5 Å². The Bertz CT molecular complexity index is 1240. The summed E-state index contributed by atoms with van der Waals surface area (Å²) in [7, 11) is 1.57. The predicted molar refractivity (Wildman–Crippen MR) is 113 cm³/mol. The number of aromatic nitrogens is 1. The van der Waals surface area contributed by atoms with E-state index < -0.39 is 5.92 Å². The highest BCUT2D eigenvalue weighted by atomic mass is 16.5. The fourth-order valence-electron chi connectivity index (χ4n) is 3.80. The van der Waals surface area contributed by atoms with Gasteiger partial charge in [0.2, 0.25) is 5.88 Å². The van der Waals surface area contributed by atoms with Gasteiger partial charge in [-0.25, -0.2) is 0 Å². The van der Waals surface area contributed by atoms with Gasteiger partial charge in [-0.2, -0.15) is 5.26 Å². The highest BCUT2D eigenvalue weighted by Crippen LogP contribution is 2.41. The lowest BCUT2D eigenvalue weighted by atomic mass is 9.84. The van der Waals surface area contributed by atoms with E-state index in [1.54, 1.807) is 17.7 Å². The van der Waals surface area contributed by atoms with E-state index in [4.69, 9.17) is 15.2 Å². The van der Waals surface area contributed by atoms with E-state index >= 15 is 0 Å². The zero-order chi connectivity index (χ0) is 21.3. The smallest absolute Gasteiger partial charge is 0.259 e. The molecule has 2 N–H and O–H groups in total. The number of benzene rings is 2. The number of hydrogen-bond acceptors (Lipinski definition) is 5. The molecule has 4 rings (SSSR count). The van der Waals surface area contributed by atoms with Gasteiger partial charge in [0.15, 0.2) is 0 Å². The summed E-state index contributed by atoms with van der Waals surface area (Å²) in [4.78, 5) is 13.6. The third-order valence-corrected chi connectivity index (χ3v) is 5.30. The normalized spacial score (nSPS) is 15.2. The Morgan fingerprint density at radius 2 is 1.93 bits per heavy atom. The SMILES string of the molecule is COc1cccc([C@@H]2C(C#N)=C(N)Oc3cc(C)n(Cc4ccccc4)c(=O)c32)c1. The molecule has 1 atom stereocenters. The largest absolute Gasteiger partial charge is 0.497 e. The van der Waals surface area contributed by atoms with Gasteiger partial charge in [0.25, 0.3) is 5.56 Å². The van der Waals surface area contributed by atoms with E-state index in [0.717, 1.165) is 16.8 Å². The van der Waals surface area contributed by atoms with Crippen LogP contribution in [0.15, 0.2) is 76.9 Å². The molecule has 150 valence electrons. The summed E-state index contributed by atoms with van der Waals surface area (Å²) in [6.45, 7) is 2.28. The number of aryl methyl sites for hydroxylation is 1. The molecule has 0 radical (unpaired) electrons. The highest BCUT2D eigenvalue weighted by Gasteiger charge is 2.34. The Labute approximate surface area is 174 Å². The Morgan fingerprint density at radius 3 is 2.63 bits per heavy atom. The van der Waals surface area contributed by atoms with Crippen molar-refractivity contribution in [3.05, 3.63) is 105 Å². The lowest BCUT2D eigenvalue weighted by Gasteiger charge is -2.27. The second-order valence-electron chi connectivity index (χ2n) is 7.14. The first-order chi connectivity index (χ1) is 14.5. The van der Waals surface area contributed by atoms with E-state index in [1.807, 2.05) is 61.5 Å². The van der Waals surface area contributed by atoms with Gasteiger partial charge in [0, 0.05) is 11.8 Å². The first-order valence-corrected chi connectivity index (χ1v) is 9.53. The zero-order valence-electron chi connectivity index (χ0n) is 16.8. The van der Waals surface area contributed by atoms with Gasteiger partial charge in [0.05, 0.1) is 25.1 Å². The van der Waals surface area contributed by atoms with Gasteiger partial charge >= 0.3 is 0 Å². The molecule has 0 saturated heterocycles. The minimum atomic E-state index is -0.635. The molecule has 6 nitrogen and oxygen atoms in total. The molecular weight excluding hydrogens is 378 g/mol. The Hall–Kier alpha value is -3.98. The average molecular weight is 399 g/mol. The fourth-order valence-corrected chi connectivity index (χ4v) is 3.80. The Kier molecular flexibility index (Phi) is 5.03. The van der Waals surface area contributed by atoms with Crippen LogP contribution in [0.2, 0.25) is 0 Å².